The number of nitrogens with zero attached hydrogens (tertiary/aromatic N) is 1. The lowest BCUT2D eigenvalue weighted by atomic mass is 10.1. The molecule has 0 aliphatic rings. The third-order valence-electron chi connectivity index (χ3n) is 3.78. The number of likely N-dealkylation sites (N-methyl/N-ethyl adjacent to an activating group) is 1. The van der Waals surface area contributed by atoms with Gasteiger partial charge >= 0.3 is 11.9 Å². The number of rotatable bonds is 9. The van der Waals surface area contributed by atoms with Crippen LogP contribution in [0.1, 0.15) is 15.9 Å². The van der Waals surface area contributed by atoms with Crippen molar-refractivity contribution in [1.29, 1.82) is 0 Å². The minimum atomic E-state index is -1.26. The summed E-state index contributed by atoms with van der Waals surface area (Å²) in [7, 11) is 4.04. The van der Waals surface area contributed by atoms with Crippen molar-refractivity contribution < 1.29 is 24.6 Å². The molecule has 0 spiro atoms. The Hall–Kier alpha value is -3.13. The lowest BCUT2D eigenvalue weighted by Crippen LogP contribution is -2.20. The highest BCUT2D eigenvalue weighted by molar-refractivity contribution is 6.35. The van der Waals surface area contributed by atoms with E-state index in [9.17, 15) is 14.4 Å². The summed E-state index contributed by atoms with van der Waals surface area (Å²) in [5, 5.41) is 20.0. The van der Waals surface area contributed by atoms with Crippen molar-refractivity contribution in [3.63, 3.8) is 0 Å². The number of carbonyl (C=O) groups is 3. The third kappa shape index (κ3) is 11.3. The van der Waals surface area contributed by atoms with Crippen LogP contribution in [0.2, 0.25) is 10.0 Å². The van der Waals surface area contributed by atoms with Crippen LogP contribution in [-0.2, 0) is 9.59 Å². The largest absolute Gasteiger partial charge is 0.478 e. The van der Waals surface area contributed by atoms with Crippen molar-refractivity contribution in [2.45, 2.75) is 0 Å². The summed E-state index contributed by atoms with van der Waals surface area (Å²) in [6, 6.07) is 12.7. The fraction of sp³-hybridized carbons (Fsp3) is 0.174. The molecule has 7 nitrogen and oxygen atoms in total. The van der Waals surface area contributed by atoms with E-state index >= 15 is 0 Å². The second-order valence-corrected chi connectivity index (χ2v) is 7.53. The maximum Gasteiger partial charge on any atom is 0.328 e. The molecule has 2 rings (SSSR count). The number of carbonyl (C=O) groups excluding carboxylic acids is 1. The monoisotopic (exact) mass is 478 g/mol. The SMILES string of the molecule is CN(C)CCNc1cccc(C(=O)/C=C/c2ccc(Cl)cc2Cl)c1.O=C(O)/C=C/C(=O)O. The first kappa shape index (κ1) is 26.9. The van der Waals surface area contributed by atoms with Gasteiger partial charge in [-0.15, -0.1) is 0 Å². The standard InChI is InChI=1S/C19H20Cl2N2O.C4H4O4/c1-23(2)11-10-22-17-5-3-4-15(12-17)19(24)9-7-14-6-8-16(20)13-18(14)21;5-3(6)1-2-4(7)8/h3-9,12-13,22H,10-11H2,1-2H3;1-2H,(H,5,6)(H,7,8)/b9-7+;2-1+. The van der Waals surface area contributed by atoms with Crippen molar-refractivity contribution in [3.8, 4) is 0 Å². The van der Waals surface area contributed by atoms with Gasteiger partial charge < -0.3 is 20.4 Å². The molecule has 0 fully saturated rings. The predicted octanol–water partition coefficient (Wildman–Crippen LogP) is 4.57. The molecule has 9 heteroatoms. The maximum absolute atomic E-state index is 12.3. The molecular formula is C23H24Cl2N2O5. The highest BCUT2D eigenvalue weighted by Crippen LogP contribution is 2.22. The van der Waals surface area contributed by atoms with Gasteiger partial charge in [0, 0.05) is 46.5 Å². The van der Waals surface area contributed by atoms with Crippen LogP contribution in [0, 0.1) is 0 Å². The highest BCUT2D eigenvalue weighted by Gasteiger charge is 2.04. The van der Waals surface area contributed by atoms with E-state index in [0.717, 1.165) is 24.3 Å². The molecule has 32 heavy (non-hydrogen) atoms. The maximum atomic E-state index is 12.3. The number of aliphatic carboxylic acids is 2. The number of ketones is 1. The summed E-state index contributed by atoms with van der Waals surface area (Å²) in [5.41, 5.74) is 2.32. The summed E-state index contributed by atoms with van der Waals surface area (Å²) in [6.07, 6.45) is 4.34. The van der Waals surface area contributed by atoms with Crippen molar-refractivity contribution in [2.75, 3.05) is 32.5 Å². The fourth-order valence-electron chi connectivity index (χ4n) is 2.25. The number of carboxylic acid groups (broad SMARTS) is 2. The zero-order chi connectivity index (χ0) is 24.1. The lowest BCUT2D eigenvalue weighted by molar-refractivity contribution is -0.134. The average Bonchev–Trinajstić information content (AvgIpc) is 2.72. The zero-order valence-electron chi connectivity index (χ0n) is 17.6. The Labute approximate surface area is 196 Å². The number of hydrogen-bond acceptors (Lipinski definition) is 5. The van der Waals surface area contributed by atoms with Gasteiger partial charge in [-0.2, -0.15) is 0 Å². The Balaban J connectivity index is 0.000000547. The summed E-state index contributed by atoms with van der Waals surface area (Å²) in [4.78, 5) is 33.5. The van der Waals surface area contributed by atoms with E-state index in [2.05, 4.69) is 10.2 Å². The molecule has 0 unspecified atom stereocenters. The van der Waals surface area contributed by atoms with Gasteiger partial charge in [-0.3, -0.25) is 4.79 Å². The molecule has 0 radical (unpaired) electrons. The van der Waals surface area contributed by atoms with E-state index in [4.69, 9.17) is 33.4 Å². The molecule has 0 aliphatic carbocycles. The molecule has 0 bridgehead atoms. The van der Waals surface area contributed by atoms with Gasteiger partial charge in [0.25, 0.3) is 0 Å². The van der Waals surface area contributed by atoms with Gasteiger partial charge in [-0.25, -0.2) is 9.59 Å². The van der Waals surface area contributed by atoms with Crippen molar-refractivity contribution in [2.24, 2.45) is 0 Å². The van der Waals surface area contributed by atoms with Crippen LogP contribution in [0.25, 0.3) is 6.08 Å². The van der Waals surface area contributed by atoms with Crippen molar-refractivity contribution in [3.05, 3.63) is 81.9 Å². The lowest BCUT2D eigenvalue weighted by Gasteiger charge is -2.11. The number of hydrogen-bond donors (Lipinski definition) is 3. The van der Waals surface area contributed by atoms with Gasteiger partial charge in [0.15, 0.2) is 5.78 Å². The average molecular weight is 479 g/mol. The van der Waals surface area contributed by atoms with Gasteiger partial charge in [0.1, 0.15) is 0 Å². The molecule has 0 aliphatic heterocycles. The van der Waals surface area contributed by atoms with Crippen LogP contribution in [-0.4, -0.2) is 60.0 Å². The molecule has 0 saturated heterocycles. The first-order valence-corrected chi connectivity index (χ1v) is 10.1. The van der Waals surface area contributed by atoms with E-state index in [1.54, 1.807) is 30.3 Å². The van der Waals surface area contributed by atoms with E-state index in [-0.39, 0.29) is 5.78 Å². The van der Waals surface area contributed by atoms with Gasteiger partial charge in [-0.05, 0) is 56.1 Å². The van der Waals surface area contributed by atoms with Gasteiger partial charge in [-0.1, -0.05) is 41.4 Å². The van der Waals surface area contributed by atoms with E-state index in [1.165, 1.54) is 6.08 Å². The Kier molecular flexibility index (Phi) is 11.8. The molecule has 0 atom stereocenters. The summed E-state index contributed by atoms with van der Waals surface area (Å²) in [5.74, 6) is -2.59. The number of benzene rings is 2. The van der Waals surface area contributed by atoms with E-state index in [1.807, 2.05) is 32.3 Å². The summed E-state index contributed by atoms with van der Waals surface area (Å²) in [6.45, 7) is 1.74. The molecule has 0 saturated carbocycles. The van der Waals surface area contributed by atoms with Crippen molar-refractivity contribution >= 4 is 52.7 Å². The van der Waals surface area contributed by atoms with Crippen LogP contribution in [0.3, 0.4) is 0 Å². The normalized spacial score (nSPS) is 10.8. The molecular weight excluding hydrogens is 455 g/mol. The smallest absolute Gasteiger partial charge is 0.328 e. The Morgan fingerprint density at radius 2 is 1.62 bits per heavy atom. The number of allylic oxidation sites excluding steroid dienone is 1. The van der Waals surface area contributed by atoms with Crippen LogP contribution in [0.15, 0.2) is 60.7 Å². The molecule has 0 aromatic heterocycles. The van der Waals surface area contributed by atoms with Gasteiger partial charge in [0.2, 0.25) is 0 Å². The van der Waals surface area contributed by atoms with Crippen molar-refractivity contribution in [1.82, 2.24) is 4.90 Å². The minimum absolute atomic E-state index is 0.0720. The summed E-state index contributed by atoms with van der Waals surface area (Å²) >= 11 is 12.0. The number of anilines is 1. The van der Waals surface area contributed by atoms with Crippen LogP contribution < -0.4 is 5.32 Å². The van der Waals surface area contributed by atoms with E-state index in [0.29, 0.717) is 27.8 Å². The Morgan fingerprint density at radius 1 is 0.969 bits per heavy atom. The second kappa shape index (κ2) is 14.0. The predicted molar refractivity (Wildman–Crippen MR) is 128 cm³/mol. The molecule has 3 N–H and O–H groups in total. The molecule has 170 valence electrons. The third-order valence-corrected chi connectivity index (χ3v) is 4.34. The Morgan fingerprint density at radius 3 is 2.19 bits per heavy atom. The molecule has 2 aromatic carbocycles. The topological polar surface area (TPSA) is 107 Å². The first-order chi connectivity index (χ1) is 15.1. The van der Waals surface area contributed by atoms with E-state index < -0.39 is 11.9 Å². The quantitative estimate of drug-likeness (QED) is 0.357. The first-order valence-electron chi connectivity index (χ1n) is 9.38. The Bertz CT molecular complexity index is 988. The highest BCUT2D eigenvalue weighted by atomic mass is 35.5. The fourth-order valence-corrected chi connectivity index (χ4v) is 2.72. The van der Waals surface area contributed by atoms with Crippen LogP contribution >= 0.6 is 23.2 Å². The number of halogens is 2. The molecule has 0 amide bonds. The molecule has 2 aromatic rings. The second-order valence-electron chi connectivity index (χ2n) is 6.68. The van der Waals surface area contributed by atoms with Crippen LogP contribution in [0.4, 0.5) is 5.69 Å². The van der Waals surface area contributed by atoms with Crippen LogP contribution in [0.5, 0.6) is 0 Å². The zero-order valence-corrected chi connectivity index (χ0v) is 19.1. The number of carboxylic acids is 2. The minimum Gasteiger partial charge on any atom is -0.478 e. The molecule has 0 heterocycles. The summed E-state index contributed by atoms with van der Waals surface area (Å²) < 4.78 is 0. The van der Waals surface area contributed by atoms with Gasteiger partial charge in [0.05, 0.1) is 0 Å². The number of nitrogens with one attached hydrogen (secondary N) is 1.